The first kappa shape index (κ1) is 11.7. The number of nitrogens with one attached hydrogen (secondary N) is 1. The van der Waals surface area contributed by atoms with E-state index in [2.05, 4.69) is 16.9 Å². The van der Waals surface area contributed by atoms with Crippen molar-refractivity contribution in [3.05, 3.63) is 36.8 Å². The summed E-state index contributed by atoms with van der Waals surface area (Å²) in [6.45, 7) is 5.31. The smallest absolute Gasteiger partial charge is 0.165 e. The fourth-order valence-corrected chi connectivity index (χ4v) is 1.03. The molecule has 0 radical (unpaired) electrons. The lowest BCUT2D eigenvalue weighted by Crippen LogP contribution is -2.11. The monoisotopic (exact) mass is 210 g/mol. The molecule has 0 aliphatic rings. The summed E-state index contributed by atoms with van der Waals surface area (Å²) in [5.74, 6) is -0.0755. The lowest BCUT2D eigenvalue weighted by molar-refractivity contribution is 0.149. The molecule has 15 heavy (non-hydrogen) atoms. The first-order valence-electron chi connectivity index (χ1n) is 4.87. The van der Waals surface area contributed by atoms with Crippen LogP contribution in [0.15, 0.2) is 31.0 Å². The number of hydrogen-bond acceptors (Lipinski definition) is 3. The maximum Gasteiger partial charge on any atom is 0.165 e. The molecule has 4 heteroatoms. The van der Waals surface area contributed by atoms with Gasteiger partial charge in [-0.25, -0.2) is 9.37 Å². The molecule has 1 rings (SSSR count). The first-order chi connectivity index (χ1) is 7.34. The minimum absolute atomic E-state index is 0.268. The highest BCUT2D eigenvalue weighted by molar-refractivity contribution is 5.35. The highest BCUT2D eigenvalue weighted by Gasteiger charge is 1.99. The molecule has 0 aliphatic carbocycles. The highest BCUT2D eigenvalue weighted by Crippen LogP contribution is 2.07. The summed E-state index contributed by atoms with van der Waals surface area (Å²) in [7, 11) is 0. The van der Waals surface area contributed by atoms with Crippen LogP contribution in [0.3, 0.4) is 0 Å². The Labute approximate surface area is 89.0 Å². The molecule has 0 spiro atoms. The van der Waals surface area contributed by atoms with E-state index in [1.54, 1.807) is 18.3 Å². The summed E-state index contributed by atoms with van der Waals surface area (Å²) in [5.41, 5.74) is 0. The maximum absolute atomic E-state index is 13.0. The molecule has 1 N–H and O–H groups in total. The predicted octanol–water partition coefficient (Wildman–Crippen LogP) is 2.23. The van der Waals surface area contributed by atoms with Gasteiger partial charge in [0.25, 0.3) is 0 Å². The van der Waals surface area contributed by atoms with Crippen molar-refractivity contribution in [2.45, 2.75) is 6.42 Å². The van der Waals surface area contributed by atoms with Crippen LogP contribution >= 0.6 is 0 Å². The van der Waals surface area contributed by atoms with Crippen molar-refractivity contribution in [3.63, 3.8) is 0 Å². The molecule has 0 aromatic carbocycles. The Bertz CT molecular complexity index is 304. The van der Waals surface area contributed by atoms with Crippen LogP contribution in [-0.2, 0) is 4.74 Å². The number of ether oxygens (including phenoxy) is 1. The van der Waals surface area contributed by atoms with Gasteiger partial charge in [0.2, 0.25) is 0 Å². The molecule has 82 valence electrons. The summed E-state index contributed by atoms with van der Waals surface area (Å²) >= 11 is 0. The van der Waals surface area contributed by atoms with Crippen molar-refractivity contribution < 1.29 is 9.13 Å². The quantitative estimate of drug-likeness (QED) is 0.553. The standard InChI is InChI=1S/C11H15FN2O/c1-2-3-8-15-9-7-14-11-10(12)5-4-6-13-11/h2,4-6H,1,3,7-9H2,(H,13,14). The predicted molar refractivity (Wildman–Crippen MR) is 58.3 cm³/mol. The molecule has 0 saturated carbocycles. The molecule has 1 aromatic heterocycles. The molecule has 0 aliphatic heterocycles. The number of anilines is 1. The summed E-state index contributed by atoms with van der Waals surface area (Å²) in [6.07, 6.45) is 4.17. The average molecular weight is 210 g/mol. The zero-order chi connectivity index (χ0) is 10.9. The van der Waals surface area contributed by atoms with E-state index in [0.29, 0.717) is 19.8 Å². The first-order valence-corrected chi connectivity index (χ1v) is 4.87. The van der Waals surface area contributed by atoms with Crippen molar-refractivity contribution in [2.24, 2.45) is 0 Å². The SMILES string of the molecule is C=CCCOCCNc1ncccc1F. The third-order valence-electron chi connectivity index (χ3n) is 1.76. The number of rotatable bonds is 7. The molecule has 0 saturated heterocycles. The van der Waals surface area contributed by atoms with E-state index < -0.39 is 0 Å². The molecular formula is C11H15FN2O. The van der Waals surface area contributed by atoms with Gasteiger partial charge in [-0.2, -0.15) is 0 Å². The summed E-state index contributed by atoms with van der Waals surface area (Å²) in [4.78, 5) is 3.85. The molecule has 0 unspecified atom stereocenters. The van der Waals surface area contributed by atoms with Crippen molar-refractivity contribution >= 4 is 5.82 Å². The van der Waals surface area contributed by atoms with E-state index in [9.17, 15) is 4.39 Å². The van der Waals surface area contributed by atoms with Gasteiger partial charge in [0.1, 0.15) is 0 Å². The van der Waals surface area contributed by atoms with Gasteiger partial charge in [-0.3, -0.25) is 0 Å². The Morgan fingerprint density at radius 2 is 2.40 bits per heavy atom. The van der Waals surface area contributed by atoms with E-state index in [1.165, 1.54) is 6.07 Å². The van der Waals surface area contributed by atoms with Crippen LogP contribution < -0.4 is 5.32 Å². The van der Waals surface area contributed by atoms with E-state index in [0.717, 1.165) is 6.42 Å². The third-order valence-corrected chi connectivity index (χ3v) is 1.76. The molecule has 1 heterocycles. The number of aromatic nitrogens is 1. The maximum atomic E-state index is 13.0. The summed E-state index contributed by atoms with van der Waals surface area (Å²) in [6, 6.07) is 2.93. The second-order valence-electron chi connectivity index (χ2n) is 2.95. The molecule has 0 fully saturated rings. The van der Waals surface area contributed by atoms with E-state index in [4.69, 9.17) is 4.74 Å². The average Bonchev–Trinajstić information content (AvgIpc) is 2.25. The molecular weight excluding hydrogens is 195 g/mol. The minimum atomic E-state index is -0.344. The van der Waals surface area contributed by atoms with E-state index >= 15 is 0 Å². The van der Waals surface area contributed by atoms with Crippen molar-refractivity contribution in [1.29, 1.82) is 0 Å². The van der Waals surface area contributed by atoms with Crippen LogP contribution in [0.2, 0.25) is 0 Å². The van der Waals surface area contributed by atoms with Gasteiger partial charge < -0.3 is 10.1 Å². The van der Waals surface area contributed by atoms with Crippen molar-refractivity contribution in [3.8, 4) is 0 Å². The van der Waals surface area contributed by atoms with Gasteiger partial charge in [-0.1, -0.05) is 6.08 Å². The Morgan fingerprint density at radius 3 is 3.13 bits per heavy atom. The molecule has 0 atom stereocenters. The van der Waals surface area contributed by atoms with Crippen LogP contribution in [0.4, 0.5) is 10.2 Å². The Balaban J connectivity index is 2.15. The van der Waals surface area contributed by atoms with Gasteiger partial charge in [0.15, 0.2) is 11.6 Å². The van der Waals surface area contributed by atoms with Gasteiger partial charge in [0.05, 0.1) is 13.2 Å². The normalized spacial score (nSPS) is 9.93. The van der Waals surface area contributed by atoms with Crippen LogP contribution in [0.1, 0.15) is 6.42 Å². The Kier molecular flexibility index (Phi) is 5.40. The second-order valence-corrected chi connectivity index (χ2v) is 2.95. The topological polar surface area (TPSA) is 34.1 Å². The van der Waals surface area contributed by atoms with Crippen LogP contribution in [0.25, 0.3) is 0 Å². The molecule has 0 amide bonds. The van der Waals surface area contributed by atoms with Crippen LogP contribution in [-0.4, -0.2) is 24.7 Å². The number of nitrogens with zero attached hydrogens (tertiary/aromatic N) is 1. The van der Waals surface area contributed by atoms with E-state index in [-0.39, 0.29) is 11.6 Å². The third kappa shape index (κ3) is 4.56. The lowest BCUT2D eigenvalue weighted by atomic mass is 10.4. The zero-order valence-electron chi connectivity index (χ0n) is 8.58. The summed E-state index contributed by atoms with van der Waals surface area (Å²) < 4.78 is 18.3. The molecule has 3 nitrogen and oxygen atoms in total. The highest BCUT2D eigenvalue weighted by atomic mass is 19.1. The number of pyridine rings is 1. The zero-order valence-corrected chi connectivity index (χ0v) is 8.58. The van der Waals surface area contributed by atoms with Crippen molar-refractivity contribution in [1.82, 2.24) is 4.98 Å². The Hall–Kier alpha value is -1.42. The Morgan fingerprint density at radius 1 is 1.53 bits per heavy atom. The van der Waals surface area contributed by atoms with Crippen LogP contribution in [0.5, 0.6) is 0 Å². The number of hydrogen-bond donors (Lipinski definition) is 1. The fraction of sp³-hybridized carbons (Fsp3) is 0.364. The van der Waals surface area contributed by atoms with Gasteiger partial charge in [-0.05, 0) is 18.6 Å². The van der Waals surface area contributed by atoms with Crippen molar-refractivity contribution in [2.75, 3.05) is 25.1 Å². The largest absolute Gasteiger partial charge is 0.379 e. The van der Waals surface area contributed by atoms with Gasteiger partial charge >= 0.3 is 0 Å². The lowest BCUT2D eigenvalue weighted by Gasteiger charge is -2.06. The van der Waals surface area contributed by atoms with Gasteiger partial charge in [-0.15, -0.1) is 6.58 Å². The van der Waals surface area contributed by atoms with E-state index in [1.807, 2.05) is 0 Å². The summed E-state index contributed by atoms with van der Waals surface area (Å²) in [5, 5.41) is 2.85. The van der Waals surface area contributed by atoms with Crippen LogP contribution in [0, 0.1) is 5.82 Å². The number of halogens is 1. The van der Waals surface area contributed by atoms with Gasteiger partial charge in [0, 0.05) is 12.7 Å². The fourth-order valence-electron chi connectivity index (χ4n) is 1.03. The second kappa shape index (κ2) is 6.95. The minimum Gasteiger partial charge on any atom is -0.379 e. The molecule has 1 aromatic rings. The molecule has 0 bridgehead atoms.